The average molecular weight is 583 g/mol. The van der Waals surface area contributed by atoms with Crippen molar-refractivity contribution in [3.8, 4) is 11.5 Å². The summed E-state index contributed by atoms with van der Waals surface area (Å²) in [5.41, 5.74) is 1.00. The number of ether oxygens (including phenoxy) is 3. The highest BCUT2D eigenvalue weighted by Crippen LogP contribution is 2.28. The van der Waals surface area contributed by atoms with Gasteiger partial charge in [-0.25, -0.2) is 8.42 Å². The lowest BCUT2D eigenvalue weighted by molar-refractivity contribution is -0.132. The summed E-state index contributed by atoms with van der Waals surface area (Å²) in [6.45, 7) is 3.59. The second kappa shape index (κ2) is 18.3. The van der Waals surface area contributed by atoms with Gasteiger partial charge < -0.3 is 19.1 Å². The van der Waals surface area contributed by atoms with E-state index in [1.54, 1.807) is 37.6 Å². The van der Waals surface area contributed by atoms with Crippen LogP contribution in [0, 0.1) is 0 Å². The highest BCUT2D eigenvalue weighted by atomic mass is 32.2. The first-order chi connectivity index (χ1) is 18.8. The van der Waals surface area contributed by atoms with Crippen molar-refractivity contribution in [3.05, 3.63) is 46.2 Å². The van der Waals surface area contributed by atoms with Gasteiger partial charge in [0.25, 0.3) is 0 Å². The monoisotopic (exact) mass is 582 g/mol. The van der Waals surface area contributed by atoms with Crippen LogP contribution in [0.15, 0.2) is 35.7 Å². The molecule has 2 aromatic rings. The summed E-state index contributed by atoms with van der Waals surface area (Å²) < 4.78 is 43.8. The molecule has 0 unspecified atom stereocenters. The summed E-state index contributed by atoms with van der Waals surface area (Å²) in [6.07, 6.45) is 7.13. The molecule has 39 heavy (non-hydrogen) atoms. The second-order valence-corrected chi connectivity index (χ2v) is 12.7. The molecule has 220 valence electrons. The molecule has 0 radical (unpaired) electrons. The zero-order valence-electron chi connectivity index (χ0n) is 24.0. The summed E-state index contributed by atoms with van der Waals surface area (Å²) in [5.74, 6) is 1.15. The Morgan fingerprint density at radius 3 is 2.33 bits per heavy atom. The van der Waals surface area contributed by atoms with E-state index in [1.807, 2.05) is 35.7 Å². The number of rotatable bonds is 21. The summed E-state index contributed by atoms with van der Waals surface area (Å²) >= 11 is 1.58. The number of sulfonamides is 1. The number of carbonyl (C=O) groups is 1. The van der Waals surface area contributed by atoms with E-state index in [1.165, 1.54) is 10.7 Å². The highest BCUT2D eigenvalue weighted by molar-refractivity contribution is 7.89. The van der Waals surface area contributed by atoms with Crippen LogP contribution >= 0.6 is 11.3 Å². The first-order valence-electron chi connectivity index (χ1n) is 13.8. The Bertz CT molecular complexity index is 1060. The van der Waals surface area contributed by atoms with Gasteiger partial charge in [-0.15, -0.1) is 11.3 Å². The van der Waals surface area contributed by atoms with Crippen LogP contribution in [-0.2, 0) is 32.5 Å². The number of hydrogen-bond acceptors (Lipinski definition) is 7. The first-order valence-corrected chi connectivity index (χ1v) is 16.3. The van der Waals surface area contributed by atoms with Gasteiger partial charge in [-0.1, -0.05) is 51.2 Å². The van der Waals surface area contributed by atoms with E-state index in [2.05, 4.69) is 6.92 Å². The third-order valence-electron chi connectivity index (χ3n) is 6.61. The second-order valence-electron chi connectivity index (χ2n) is 9.60. The van der Waals surface area contributed by atoms with Crippen LogP contribution in [0.1, 0.15) is 62.3 Å². The van der Waals surface area contributed by atoms with Crippen LogP contribution in [0.4, 0.5) is 0 Å². The Kier molecular flexibility index (Phi) is 15.5. The van der Waals surface area contributed by atoms with Crippen molar-refractivity contribution < 1.29 is 27.4 Å². The maximum atomic E-state index is 13.6. The van der Waals surface area contributed by atoms with Crippen LogP contribution < -0.4 is 9.47 Å². The molecule has 1 heterocycles. The molecule has 0 bridgehead atoms. The Balaban J connectivity index is 2.12. The molecule has 0 spiro atoms. The summed E-state index contributed by atoms with van der Waals surface area (Å²) in [6, 6.07) is 9.67. The molecule has 2 rings (SSSR count). The fourth-order valence-electron chi connectivity index (χ4n) is 4.33. The fourth-order valence-corrected chi connectivity index (χ4v) is 6.59. The molecule has 0 N–H and O–H groups in total. The lowest BCUT2D eigenvalue weighted by Crippen LogP contribution is -2.44. The van der Waals surface area contributed by atoms with E-state index in [9.17, 15) is 13.2 Å². The molecule has 0 aliphatic heterocycles. The summed E-state index contributed by atoms with van der Waals surface area (Å²) in [5, 5.41) is 1.98. The molecule has 0 saturated heterocycles. The van der Waals surface area contributed by atoms with E-state index >= 15 is 0 Å². The number of thiophene rings is 1. The van der Waals surface area contributed by atoms with Crippen molar-refractivity contribution in [3.63, 3.8) is 0 Å². The lowest BCUT2D eigenvalue weighted by atomic mass is 10.1. The third-order valence-corrected chi connectivity index (χ3v) is 9.38. The molecule has 0 saturated carbocycles. The predicted molar refractivity (Wildman–Crippen MR) is 158 cm³/mol. The van der Waals surface area contributed by atoms with Gasteiger partial charge in [-0.05, 0) is 48.4 Å². The highest BCUT2D eigenvalue weighted by Gasteiger charge is 2.26. The Labute approximate surface area is 239 Å². The van der Waals surface area contributed by atoms with Gasteiger partial charge in [0.1, 0.15) is 0 Å². The fraction of sp³-hybridized carbons (Fsp3) is 0.621. The van der Waals surface area contributed by atoms with E-state index in [4.69, 9.17) is 14.2 Å². The first kappa shape index (κ1) is 33.1. The van der Waals surface area contributed by atoms with E-state index in [-0.39, 0.29) is 24.7 Å². The van der Waals surface area contributed by atoms with Gasteiger partial charge >= 0.3 is 0 Å². The van der Waals surface area contributed by atoms with Gasteiger partial charge in [0.2, 0.25) is 15.9 Å². The Morgan fingerprint density at radius 2 is 1.67 bits per heavy atom. The molecule has 1 aromatic carbocycles. The maximum absolute atomic E-state index is 13.6. The number of benzene rings is 1. The minimum atomic E-state index is -3.57. The summed E-state index contributed by atoms with van der Waals surface area (Å²) in [7, 11) is 1.22. The quantitative estimate of drug-likeness (QED) is 0.184. The number of carbonyl (C=O) groups excluding carboxylic acids is 1. The lowest BCUT2D eigenvalue weighted by Gasteiger charge is -2.27. The standard InChI is InChI=1S/C29H46N2O6S2/c1-5-6-7-8-9-10-21-39(33,34)31(17-12-19-35-2)24-29(32)30(23-26-13-11-20-38-26)18-16-25-14-15-27(36-3)28(22-25)37-4/h11,13-15,20,22H,5-10,12,16-19,21,23-24H2,1-4H3. The largest absolute Gasteiger partial charge is 0.493 e. The number of hydrogen-bond donors (Lipinski definition) is 0. The zero-order valence-corrected chi connectivity index (χ0v) is 25.7. The molecule has 8 nitrogen and oxygen atoms in total. The van der Waals surface area contributed by atoms with Crippen LogP contribution in [-0.4, -0.2) is 76.9 Å². The summed E-state index contributed by atoms with van der Waals surface area (Å²) in [4.78, 5) is 16.4. The number of nitrogens with zero attached hydrogens (tertiary/aromatic N) is 2. The molecule has 0 fully saturated rings. The number of unbranched alkanes of at least 4 members (excludes halogenated alkanes) is 5. The topological polar surface area (TPSA) is 85.4 Å². The van der Waals surface area contributed by atoms with E-state index in [0.29, 0.717) is 50.5 Å². The van der Waals surface area contributed by atoms with Crippen molar-refractivity contribution in [2.45, 2.75) is 64.8 Å². The average Bonchev–Trinajstić information content (AvgIpc) is 3.45. The molecule has 0 aliphatic carbocycles. The minimum Gasteiger partial charge on any atom is -0.493 e. The normalized spacial score (nSPS) is 11.6. The number of amides is 1. The molecular weight excluding hydrogens is 536 g/mol. The molecule has 0 atom stereocenters. The van der Waals surface area contributed by atoms with E-state index < -0.39 is 10.0 Å². The zero-order chi connectivity index (χ0) is 28.5. The Morgan fingerprint density at radius 1 is 0.923 bits per heavy atom. The van der Waals surface area contributed by atoms with Crippen molar-refractivity contribution in [2.24, 2.45) is 0 Å². The van der Waals surface area contributed by atoms with Gasteiger partial charge in [-0.2, -0.15) is 4.31 Å². The van der Waals surface area contributed by atoms with E-state index in [0.717, 1.165) is 36.1 Å². The minimum absolute atomic E-state index is 0.0654. The van der Waals surface area contributed by atoms with Gasteiger partial charge in [0, 0.05) is 31.7 Å². The van der Waals surface area contributed by atoms with Crippen LogP contribution in [0.2, 0.25) is 0 Å². The predicted octanol–water partition coefficient (Wildman–Crippen LogP) is 5.37. The van der Waals surface area contributed by atoms with Crippen molar-refractivity contribution in [1.29, 1.82) is 0 Å². The van der Waals surface area contributed by atoms with Crippen LogP contribution in [0.5, 0.6) is 11.5 Å². The molecule has 1 amide bonds. The molecular formula is C29H46N2O6S2. The van der Waals surface area contributed by atoms with Gasteiger partial charge in [-0.3, -0.25) is 4.79 Å². The van der Waals surface area contributed by atoms with Gasteiger partial charge in [0.15, 0.2) is 11.5 Å². The van der Waals surface area contributed by atoms with Crippen LogP contribution in [0.3, 0.4) is 0 Å². The SMILES string of the molecule is CCCCCCCCS(=O)(=O)N(CCCOC)CC(=O)N(CCc1ccc(OC)c(OC)c1)Cc1cccs1. The maximum Gasteiger partial charge on any atom is 0.238 e. The van der Waals surface area contributed by atoms with Crippen molar-refractivity contribution in [1.82, 2.24) is 9.21 Å². The van der Waals surface area contributed by atoms with Gasteiger partial charge in [0.05, 0.1) is 33.1 Å². The molecule has 10 heteroatoms. The van der Waals surface area contributed by atoms with Crippen molar-refractivity contribution in [2.75, 3.05) is 53.3 Å². The molecule has 1 aromatic heterocycles. The Hall–Kier alpha value is -2.14. The molecule has 0 aliphatic rings. The third kappa shape index (κ3) is 11.9. The number of methoxy groups -OCH3 is 3. The van der Waals surface area contributed by atoms with Crippen molar-refractivity contribution >= 4 is 27.3 Å². The van der Waals surface area contributed by atoms with Crippen LogP contribution in [0.25, 0.3) is 0 Å². The smallest absolute Gasteiger partial charge is 0.238 e.